The van der Waals surface area contributed by atoms with Gasteiger partial charge in [-0.2, -0.15) is 0 Å². The van der Waals surface area contributed by atoms with E-state index in [1.807, 2.05) is 66.7 Å². The molecule has 1 aliphatic carbocycles. The summed E-state index contributed by atoms with van der Waals surface area (Å²) < 4.78 is 11.5. The number of carbonyl (C=O) groups is 1. The fourth-order valence-corrected chi connectivity index (χ4v) is 3.74. The first kappa shape index (κ1) is 20.0. The van der Waals surface area contributed by atoms with Gasteiger partial charge in [0, 0.05) is 11.1 Å². The van der Waals surface area contributed by atoms with Crippen LogP contribution in [0.5, 0.6) is 11.5 Å². The topological polar surface area (TPSA) is 35.5 Å². The standard InChI is InChI=1S/C27H26O3/c1-18(2)14-15-30-25-13-12-19(17-26(25)29-3)16-24-20-8-4-6-10-22(20)27(28)23-11-7-5-9-21(23)24/h4-13,16-18H,14-15H2,1-3H3. The highest BCUT2D eigenvalue weighted by Gasteiger charge is 2.26. The van der Waals surface area contributed by atoms with Gasteiger partial charge in [0.05, 0.1) is 13.7 Å². The monoisotopic (exact) mass is 398 g/mol. The van der Waals surface area contributed by atoms with Gasteiger partial charge in [0.15, 0.2) is 17.3 Å². The number of benzene rings is 3. The maximum absolute atomic E-state index is 12.9. The number of ether oxygens (including phenoxy) is 2. The second-order valence-corrected chi connectivity index (χ2v) is 7.92. The van der Waals surface area contributed by atoms with Crippen molar-refractivity contribution in [2.75, 3.05) is 13.7 Å². The molecule has 0 spiro atoms. The van der Waals surface area contributed by atoms with Gasteiger partial charge in [-0.15, -0.1) is 0 Å². The molecule has 0 aromatic heterocycles. The van der Waals surface area contributed by atoms with Crippen LogP contribution in [0.2, 0.25) is 0 Å². The fourth-order valence-electron chi connectivity index (χ4n) is 3.74. The summed E-state index contributed by atoms with van der Waals surface area (Å²) in [6, 6.07) is 21.6. The third-order valence-corrected chi connectivity index (χ3v) is 5.38. The molecule has 152 valence electrons. The van der Waals surface area contributed by atoms with Crippen LogP contribution in [0.4, 0.5) is 0 Å². The molecule has 0 atom stereocenters. The molecule has 0 saturated heterocycles. The lowest BCUT2D eigenvalue weighted by atomic mass is 9.81. The van der Waals surface area contributed by atoms with Gasteiger partial charge in [0.25, 0.3) is 0 Å². The minimum atomic E-state index is 0.0739. The zero-order chi connectivity index (χ0) is 21.1. The molecule has 3 aromatic rings. The Morgan fingerprint density at radius 3 is 2.00 bits per heavy atom. The van der Waals surface area contributed by atoms with Crippen LogP contribution in [0.1, 0.15) is 52.9 Å². The van der Waals surface area contributed by atoms with Crippen LogP contribution in [0.15, 0.2) is 66.7 Å². The first-order chi connectivity index (χ1) is 14.6. The van der Waals surface area contributed by atoms with Crippen LogP contribution < -0.4 is 9.47 Å². The summed E-state index contributed by atoms with van der Waals surface area (Å²) in [6.45, 7) is 5.03. The van der Waals surface area contributed by atoms with Crippen molar-refractivity contribution in [3.05, 3.63) is 94.5 Å². The Morgan fingerprint density at radius 1 is 0.833 bits per heavy atom. The summed E-state index contributed by atoms with van der Waals surface area (Å²) >= 11 is 0. The largest absolute Gasteiger partial charge is 0.493 e. The summed E-state index contributed by atoms with van der Waals surface area (Å²) in [6.07, 6.45) is 3.11. The van der Waals surface area contributed by atoms with E-state index < -0.39 is 0 Å². The maximum atomic E-state index is 12.9. The average Bonchev–Trinajstić information content (AvgIpc) is 2.77. The number of rotatable bonds is 6. The summed E-state index contributed by atoms with van der Waals surface area (Å²) in [7, 11) is 1.66. The Bertz CT molecular complexity index is 1060. The van der Waals surface area contributed by atoms with Crippen molar-refractivity contribution in [1.82, 2.24) is 0 Å². The highest BCUT2D eigenvalue weighted by Crippen LogP contribution is 2.38. The molecular weight excluding hydrogens is 372 g/mol. The second-order valence-electron chi connectivity index (χ2n) is 7.92. The minimum absolute atomic E-state index is 0.0739. The maximum Gasteiger partial charge on any atom is 0.194 e. The number of hydrogen-bond donors (Lipinski definition) is 0. The zero-order valence-electron chi connectivity index (χ0n) is 17.6. The van der Waals surface area contributed by atoms with Gasteiger partial charge in [-0.05, 0) is 52.8 Å². The van der Waals surface area contributed by atoms with E-state index in [2.05, 4.69) is 19.9 Å². The zero-order valence-corrected chi connectivity index (χ0v) is 17.6. The second kappa shape index (κ2) is 8.58. The van der Waals surface area contributed by atoms with Crippen molar-refractivity contribution in [1.29, 1.82) is 0 Å². The Labute approximate surface area is 178 Å². The van der Waals surface area contributed by atoms with E-state index in [9.17, 15) is 4.79 Å². The van der Waals surface area contributed by atoms with Crippen LogP contribution in [0.3, 0.4) is 0 Å². The molecule has 3 nitrogen and oxygen atoms in total. The molecule has 0 heterocycles. The summed E-state index contributed by atoms with van der Waals surface area (Å²) in [5, 5.41) is 0. The smallest absolute Gasteiger partial charge is 0.194 e. The van der Waals surface area contributed by atoms with Gasteiger partial charge < -0.3 is 9.47 Å². The minimum Gasteiger partial charge on any atom is -0.493 e. The molecule has 1 aliphatic rings. The number of ketones is 1. The lowest BCUT2D eigenvalue weighted by Gasteiger charge is -2.21. The molecule has 0 fully saturated rings. The van der Waals surface area contributed by atoms with Crippen molar-refractivity contribution < 1.29 is 14.3 Å². The van der Waals surface area contributed by atoms with Crippen molar-refractivity contribution in [3.8, 4) is 11.5 Å². The third-order valence-electron chi connectivity index (χ3n) is 5.38. The van der Waals surface area contributed by atoms with Crippen molar-refractivity contribution >= 4 is 17.4 Å². The van der Waals surface area contributed by atoms with E-state index in [4.69, 9.17) is 9.47 Å². The van der Waals surface area contributed by atoms with Gasteiger partial charge >= 0.3 is 0 Å². The van der Waals surface area contributed by atoms with E-state index >= 15 is 0 Å². The van der Waals surface area contributed by atoms with E-state index in [0.717, 1.165) is 45.6 Å². The predicted molar refractivity (Wildman–Crippen MR) is 121 cm³/mol. The summed E-state index contributed by atoms with van der Waals surface area (Å²) in [5.74, 6) is 2.13. The highest BCUT2D eigenvalue weighted by atomic mass is 16.5. The molecule has 3 aromatic carbocycles. The van der Waals surface area contributed by atoms with Gasteiger partial charge in [0.1, 0.15) is 0 Å². The SMILES string of the molecule is COc1cc(C=C2c3ccccc3C(=O)c3ccccc32)ccc1OCCC(C)C. The van der Waals surface area contributed by atoms with Gasteiger partial charge in [0.2, 0.25) is 0 Å². The van der Waals surface area contributed by atoms with Crippen LogP contribution in [-0.2, 0) is 0 Å². The van der Waals surface area contributed by atoms with Crippen LogP contribution >= 0.6 is 0 Å². The molecule has 0 amide bonds. The Morgan fingerprint density at radius 2 is 1.43 bits per heavy atom. The van der Waals surface area contributed by atoms with Crippen LogP contribution in [0, 0.1) is 5.92 Å². The van der Waals surface area contributed by atoms with Crippen LogP contribution in [0.25, 0.3) is 11.6 Å². The van der Waals surface area contributed by atoms with Gasteiger partial charge in [-0.3, -0.25) is 4.79 Å². The van der Waals surface area contributed by atoms with Crippen molar-refractivity contribution in [3.63, 3.8) is 0 Å². The van der Waals surface area contributed by atoms with E-state index in [0.29, 0.717) is 18.3 Å². The number of carbonyl (C=O) groups excluding carboxylic acids is 1. The predicted octanol–water partition coefficient (Wildman–Crippen LogP) is 6.25. The summed E-state index contributed by atoms with van der Waals surface area (Å²) in [4.78, 5) is 12.9. The Balaban J connectivity index is 1.75. The van der Waals surface area contributed by atoms with Gasteiger partial charge in [-0.1, -0.05) is 68.4 Å². The van der Waals surface area contributed by atoms with E-state index in [1.54, 1.807) is 7.11 Å². The van der Waals surface area contributed by atoms with E-state index in [-0.39, 0.29) is 5.78 Å². The fraction of sp³-hybridized carbons (Fsp3) is 0.222. The number of hydrogen-bond acceptors (Lipinski definition) is 3. The highest BCUT2D eigenvalue weighted by molar-refractivity contribution is 6.20. The lowest BCUT2D eigenvalue weighted by molar-refractivity contribution is 0.103. The molecule has 3 heteroatoms. The first-order valence-corrected chi connectivity index (χ1v) is 10.3. The average molecular weight is 399 g/mol. The molecule has 0 radical (unpaired) electrons. The first-order valence-electron chi connectivity index (χ1n) is 10.3. The van der Waals surface area contributed by atoms with Crippen LogP contribution in [-0.4, -0.2) is 19.5 Å². The molecule has 4 rings (SSSR count). The molecule has 0 aliphatic heterocycles. The molecule has 30 heavy (non-hydrogen) atoms. The molecule has 0 saturated carbocycles. The van der Waals surface area contributed by atoms with E-state index in [1.165, 1.54) is 0 Å². The lowest BCUT2D eigenvalue weighted by Crippen LogP contribution is -2.14. The molecule has 0 bridgehead atoms. The molecule has 0 unspecified atom stereocenters. The van der Waals surface area contributed by atoms with Crippen molar-refractivity contribution in [2.24, 2.45) is 5.92 Å². The Hall–Kier alpha value is -3.33. The van der Waals surface area contributed by atoms with Crippen molar-refractivity contribution in [2.45, 2.75) is 20.3 Å². The summed E-state index contributed by atoms with van der Waals surface area (Å²) in [5.41, 5.74) is 5.43. The number of fused-ring (bicyclic) bond motifs is 2. The third kappa shape index (κ3) is 3.88. The number of methoxy groups -OCH3 is 1. The Kier molecular flexibility index (Phi) is 5.71. The quantitative estimate of drug-likeness (QED) is 0.385. The van der Waals surface area contributed by atoms with Gasteiger partial charge in [-0.25, -0.2) is 0 Å². The normalized spacial score (nSPS) is 12.4. The molecular formula is C27H26O3. The molecule has 0 N–H and O–H groups in total.